The molecule has 0 aromatic rings. The molecule has 0 radical (unpaired) electrons. The first-order valence-electron chi connectivity index (χ1n) is 4.05. The maximum absolute atomic E-state index is 8.59. The van der Waals surface area contributed by atoms with Gasteiger partial charge in [0.25, 0.3) is 0 Å². The largest absolute Gasteiger partial charge is 0.409 e. The van der Waals surface area contributed by atoms with E-state index in [0.717, 1.165) is 31.9 Å². The molecule has 0 unspecified atom stereocenters. The van der Waals surface area contributed by atoms with Crippen molar-refractivity contribution in [2.75, 3.05) is 26.2 Å². The summed E-state index contributed by atoms with van der Waals surface area (Å²) in [4.78, 5) is 2.11. The summed E-state index contributed by atoms with van der Waals surface area (Å²) in [5.41, 5.74) is 0. The number of piperazine rings is 1. The molecule has 1 saturated heterocycles. The molecule has 0 spiro atoms. The van der Waals surface area contributed by atoms with Crippen molar-refractivity contribution in [1.82, 2.24) is 10.2 Å². The molecule has 1 aliphatic heterocycles. The Labute approximate surface area is 66.9 Å². The molecule has 4 heteroatoms. The number of nitrogens with one attached hydrogen (secondary N) is 1. The molecule has 1 fully saturated rings. The van der Waals surface area contributed by atoms with E-state index in [1.807, 2.05) is 0 Å². The van der Waals surface area contributed by atoms with Gasteiger partial charge in [0.1, 0.15) is 0 Å². The molecular weight excluding hydrogens is 142 g/mol. The number of hydrogen-bond acceptors (Lipinski definition) is 3. The Balaban J connectivity index is 2.45. The molecular formula is C7H15N3O. The molecule has 1 aliphatic rings. The van der Waals surface area contributed by atoms with Crippen molar-refractivity contribution in [3.63, 3.8) is 0 Å². The zero-order chi connectivity index (χ0) is 8.10. The lowest BCUT2D eigenvalue weighted by Gasteiger charge is -2.29. The van der Waals surface area contributed by atoms with Crippen LogP contribution in [0.1, 0.15) is 13.3 Å². The molecule has 1 rings (SSSR count). The average molecular weight is 157 g/mol. The second-order valence-electron chi connectivity index (χ2n) is 2.68. The summed E-state index contributed by atoms with van der Waals surface area (Å²) in [6, 6.07) is 0. The van der Waals surface area contributed by atoms with Crippen LogP contribution in [0.25, 0.3) is 0 Å². The summed E-state index contributed by atoms with van der Waals surface area (Å²) in [5.74, 6) is 0.762. The minimum absolute atomic E-state index is 0.691. The number of oxime groups is 1. The van der Waals surface area contributed by atoms with Crippen molar-refractivity contribution < 1.29 is 5.21 Å². The van der Waals surface area contributed by atoms with Crippen LogP contribution in [0.15, 0.2) is 5.16 Å². The van der Waals surface area contributed by atoms with Gasteiger partial charge in [-0.05, 0) is 6.42 Å². The number of amidine groups is 1. The van der Waals surface area contributed by atoms with Crippen molar-refractivity contribution in [1.29, 1.82) is 0 Å². The van der Waals surface area contributed by atoms with Crippen LogP contribution < -0.4 is 5.32 Å². The van der Waals surface area contributed by atoms with Gasteiger partial charge in [-0.25, -0.2) is 0 Å². The van der Waals surface area contributed by atoms with Crippen molar-refractivity contribution in [3.8, 4) is 0 Å². The summed E-state index contributed by atoms with van der Waals surface area (Å²) in [6.45, 7) is 5.74. The van der Waals surface area contributed by atoms with Crippen LogP contribution in [-0.2, 0) is 0 Å². The Morgan fingerprint density at radius 3 is 3.18 bits per heavy atom. The lowest BCUT2D eigenvalue weighted by Crippen LogP contribution is -2.48. The first-order valence-corrected chi connectivity index (χ1v) is 4.05. The normalized spacial score (nSPS) is 22.6. The molecule has 0 saturated carbocycles. The van der Waals surface area contributed by atoms with Gasteiger partial charge in [0.15, 0.2) is 5.84 Å². The summed E-state index contributed by atoms with van der Waals surface area (Å²) in [5, 5.41) is 15.0. The van der Waals surface area contributed by atoms with Crippen molar-refractivity contribution in [2.24, 2.45) is 5.16 Å². The van der Waals surface area contributed by atoms with Gasteiger partial charge in [-0.15, -0.1) is 0 Å². The standard InChI is InChI=1S/C7H15N3O/c1-2-4-10-5-3-8-6-7(10)9-11/h8,11H,2-6H2,1H3/b9-7-. The highest BCUT2D eigenvalue weighted by Crippen LogP contribution is 1.97. The molecule has 1 heterocycles. The van der Waals surface area contributed by atoms with Gasteiger partial charge < -0.3 is 15.4 Å². The van der Waals surface area contributed by atoms with Crippen LogP contribution >= 0.6 is 0 Å². The Kier molecular flexibility index (Phi) is 3.16. The number of rotatable bonds is 2. The van der Waals surface area contributed by atoms with E-state index in [9.17, 15) is 0 Å². The highest BCUT2D eigenvalue weighted by atomic mass is 16.4. The molecule has 2 N–H and O–H groups in total. The first kappa shape index (κ1) is 8.33. The summed E-state index contributed by atoms with van der Waals surface area (Å²) in [7, 11) is 0. The average Bonchev–Trinajstić information content (AvgIpc) is 2.06. The number of hydrogen-bond donors (Lipinski definition) is 2. The zero-order valence-electron chi connectivity index (χ0n) is 6.88. The summed E-state index contributed by atoms with van der Waals surface area (Å²) in [6.07, 6.45) is 1.10. The van der Waals surface area contributed by atoms with Crippen LogP contribution in [0, 0.1) is 0 Å². The van der Waals surface area contributed by atoms with E-state index in [1.54, 1.807) is 0 Å². The van der Waals surface area contributed by atoms with E-state index in [4.69, 9.17) is 5.21 Å². The van der Waals surface area contributed by atoms with E-state index >= 15 is 0 Å². The third kappa shape index (κ3) is 2.08. The SMILES string of the molecule is CCCN1CCNC/C1=N/O. The van der Waals surface area contributed by atoms with E-state index in [0.29, 0.717) is 6.54 Å². The van der Waals surface area contributed by atoms with Crippen LogP contribution in [-0.4, -0.2) is 42.1 Å². The molecule has 0 atom stereocenters. The van der Waals surface area contributed by atoms with Crippen LogP contribution in [0.3, 0.4) is 0 Å². The summed E-state index contributed by atoms with van der Waals surface area (Å²) >= 11 is 0. The smallest absolute Gasteiger partial charge is 0.158 e. The Morgan fingerprint density at radius 2 is 2.55 bits per heavy atom. The molecule has 0 amide bonds. The van der Waals surface area contributed by atoms with E-state index < -0.39 is 0 Å². The molecule has 64 valence electrons. The predicted molar refractivity (Wildman–Crippen MR) is 44.0 cm³/mol. The van der Waals surface area contributed by atoms with Gasteiger partial charge in [0, 0.05) is 19.6 Å². The Morgan fingerprint density at radius 1 is 1.73 bits per heavy atom. The number of nitrogens with zero attached hydrogens (tertiary/aromatic N) is 2. The lowest BCUT2D eigenvalue weighted by atomic mass is 10.3. The molecule has 0 bridgehead atoms. The first-order chi connectivity index (χ1) is 5.38. The van der Waals surface area contributed by atoms with Gasteiger partial charge >= 0.3 is 0 Å². The predicted octanol–water partition coefficient (Wildman–Crippen LogP) is 0.0893. The Hall–Kier alpha value is -0.770. The third-order valence-electron chi connectivity index (χ3n) is 1.82. The topological polar surface area (TPSA) is 47.9 Å². The quantitative estimate of drug-likeness (QED) is 0.441. The fourth-order valence-corrected chi connectivity index (χ4v) is 1.26. The van der Waals surface area contributed by atoms with Crippen molar-refractivity contribution >= 4 is 5.84 Å². The Bertz CT molecular complexity index is 145. The minimum Gasteiger partial charge on any atom is -0.409 e. The monoisotopic (exact) mass is 157 g/mol. The molecule has 11 heavy (non-hydrogen) atoms. The van der Waals surface area contributed by atoms with E-state index in [1.165, 1.54) is 0 Å². The highest BCUT2D eigenvalue weighted by molar-refractivity contribution is 5.84. The maximum Gasteiger partial charge on any atom is 0.158 e. The second kappa shape index (κ2) is 4.18. The van der Waals surface area contributed by atoms with Gasteiger partial charge in [-0.1, -0.05) is 12.1 Å². The van der Waals surface area contributed by atoms with Gasteiger partial charge in [-0.2, -0.15) is 0 Å². The lowest BCUT2D eigenvalue weighted by molar-refractivity contribution is 0.288. The molecule has 0 aromatic carbocycles. The van der Waals surface area contributed by atoms with E-state index in [2.05, 4.69) is 22.3 Å². The second-order valence-corrected chi connectivity index (χ2v) is 2.68. The van der Waals surface area contributed by atoms with Crippen LogP contribution in [0.2, 0.25) is 0 Å². The van der Waals surface area contributed by atoms with Gasteiger partial charge in [-0.3, -0.25) is 0 Å². The molecule has 0 aliphatic carbocycles. The van der Waals surface area contributed by atoms with Gasteiger partial charge in [0.2, 0.25) is 0 Å². The van der Waals surface area contributed by atoms with Crippen molar-refractivity contribution in [2.45, 2.75) is 13.3 Å². The molecule has 0 aromatic heterocycles. The van der Waals surface area contributed by atoms with E-state index in [-0.39, 0.29) is 0 Å². The van der Waals surface area contributed by atoms with Gasteiger partial charge in [0.05, 0.1) is 6.54 Å². The minimum atomic E-state index is 0.691. The van der Waals surface area contributed by atoms with Crippen LogP contribution in [0.5, 0.6) is 0 Å². The van der Waals surface area contributed by atoms with Crippen LogP contribution in [0.4, 0.5) is 0 Å². The summed E-state index contributed by atoms with van der Waals surface area (Å²) < 4.78 is 0. The van der Waals surface area contributed by atoms with Crippen molar-refractivity contribution in [3.05, 3.63) is 0 Å². The fourth-order valence-electron chi connectivity index (χ4n) is 1.26. The molecule has 4 nitrogen and oxygen atoms in total. The maximum atomic E-state index is 8.59. The zero-order valence-corrected chi connectivity index (χ0v) is 6.88. The highest BCUT2D eigenvalue weighted by Gasteiger charge is 2.14. The fraction of sp³-hybridized carbons (Fsp3) is 0.857. The third-order valence-corrected chi connectivity index (χ3v) is 1.82.